The number of esters is 1. The number of rotatable bonds is 3. The summed E-state index contributed by atoms with van der Waals surface area (Å²) in [5, 5.41) is 2.03. The minimum absolute atomic E-state index is 0.150. The van der Waals surface area contributed by atoms with Crippen LogP contribution in [0.5, 0.6) is 0 Å². The molecule has 1 amide bonds. The molecule has 0 N–H and O–H groups in total. The topological polar surface area (TPSA) is 46.6 Å². The molecule has 1 aliphatic rings. The summed E-state index contributed by atoms with van der Waals surface area (Å²) in [7, 11) is 1.34. The molecule has 3 aromatic carbocycles. The third-order valence-electron chi connectivity index (χ3n) is 4.43. The monoisotopic (exact) mass is 405 g/mol. The molecule has 0 atom stereocenters. The average molecular weight is 406 g/mol. The number of nitrogens with zero attached hydrogens (tertiary/aromatic N) is 1. The Labute approximate surface area is 171 Å². The summed E-state index contributed by atoms with van der Waals surface area (Å²) in [5.41, 5.74) is 2.05. The van der Waals surface area contributed by atoms with Crippen molar-refractivity contribution in [1.29, 1.82) is 0 Å². The molecule has 0 aliphatic carbocycles. The fourth-order valence-corrected chi connectivity index (χ4v) is 4.35. The molecule has 6 heteroatoms. The molecule has 0 saturated carbocycles. The smallest absolute Gasteiger partial charge is 0.337 e. The third kappa shape index (κ3) is 3.32. The number of carbonyl (C=O) groups excluding carboxylic acids is 2. The standard InChI is InChI=1S/C22H15NO3S2/c1-26-21(25)16-11-9-14(10-12-16)13-19-20(24)23(22(27)28-19)18-8-4-6-15-5-2-3-7-17(15)18/h2-13H,1H3/b19-13+. The molecule has 1 fully saturated rings. The van der Waals surface area contributed by atoms with Crippen LogP contribution in [0.25, 0.3) is 16.8 Å². The molecule has 3 aromatic rings. The van der Waals surface area contributed by atoms with Crippen LogP contribution in [0.2, 0.25) is 0 Å². The summed E-state index contributed by atoms with van der Waals surface area (Å²) < 4.78 is 5.20. The van der Waals surface area contributed by atoms with E-state index < -0.39 is 5.97 Å². The zero-order valence-electron chi connectivity index (χ0n) is 14.9. The Morgan fingerprint density at radius 2 is 1.75 bits per heavy atom. The molecule has 1 aliphatic heterocycles. The Kier molecular flexibility index (Phi) is 4.98. The van der Waals surface area contributed by atoms with Crippen LogP contribution in [0, 0.1) is 0 Å². The van der Waals surface area contributed by atoms with Gasteiger partial charge in [-0.2, -0.15) is 0 Å². The maximum atomic E-state index is 13.1. The number of amides is 1. The van der Waals surface area contributed by atoms with E-state index >= 15 is 0 Å². The summed E-state index contributed by atoms with van der Waals surface area (Å²) in [5.74, 6) is -0.544. The molecule has 0 radical (unpaired) electrons. The van der Waals surface area contributed by atoms with Crippen molar-refractivity contribution in [3.8, 4) is 0 Å². The minimum atomic E-state index is -0.395. The third-order valence-corrected chi connectivity index (χ3v) is 5.73. The lowest BCUT2D eigenvalue weighted by atomic mass is 10.1. The van der Waals surface area contributed by atoms with Crippen LogP contribution in [-0.4, -0.2) is 23.3 Å². The maximum absolute atomic E-state index is 13.1. The summed E-state index contributed by atoms with van der Waals surface area (Å²) in [4.78, 5) is 26.7. The Morgan fingerprint density at radius 3 is 2.50 bits per heavy atom. The van der Waals surface area contributed by atoms with Gasteiger partial charge in [0.05, 0.1) is 23.3 Å². The fourth-order valence-electron chi connectivity index (χ4n) is 3.06. The van der Waals surface area contributed by atoms with Gasteiger partial charge in [0.1, 0.15) is 0 Å². The van der Waals surface area contributed by atoms with Gasteiger partial charge in [0.15, 0.2) is 4.32 Å². The van der Waals surface area contributed by atoms with Crippen LogP contribution >= 0.6 is 24.0 Å². The predicted molar refractivity (Wildman–Crippen MR) is 117 cm³/mol. The van der Waals surface area contributed by atoms with Crippen molar-refractivity contribution in [2.45, 2.75) is 0 Å². The van der Waals surface area contributed by atoms with Gasteiger partial charge in [-0.05, 0) is 35.2 Å². The first kappa shape index (κ1) is 18.4. The molecular formula is C22H15NO3S2. The Balaban J connectivity index is 1.67. The Bertz CT molecular complexity index is 1130. The highest BCUT2D eigenvalue weighted by atomic mass is 32.2. The quantitative estimate of drug-likeness (QED) is 0.347. The molecule has 28 heavy (non-hydrogen) atoms. The predicted octanol–water partition coefficient (Wildman–Crippen LogP) is 5.03. The molecule has 4 nitrogen and oxygen atoms in total. The van der Waals surface area contributed by atoms with Crippen LogP contribution in [0.15, 0.2) is 71.6 Å². The highest BCUT2D eigenvalue weighted by Gasteiger charge is 2.34. The second kappa shape index (κ2) is 7.58. The molecule has 1 saturated heterocycles. The first-order valence-corrected chi connectivity index (χ1v) is 9.75. The molecule has 0 spiro atoms. The van der Waals surface area contributed by atoms with Gasteiger partial charge in [0, 0.05) is 5.39 Å². The molecule has 1 heterocycles. The van der Waals surface area contributed by atoms with E-state index in [9.17, 15) is 9.59 Å². The second-order valence-corrected chi connectivity index (χ2v) is 7.80. The highest BCUT2D eigenvalue weighted by Crippen LogP contribution is 2.38. The van der Waals surface area contributed by atoms with Crippen molar-refractivity contribution in [3.63, 3.8) is 0 Å². The van der Waals surface area contributed by atoms with E-state index in [2.05, 4.69) is 0 Å². The van der Waals surface area contributed by atoms with Gasteiger partial charge in [0.2, 0.25) is 0 Å². The number of fused-ring (bicyclic) bond motifs is 1. The van der Waals surface area contributed by atoms with Gasteiger partial charge in [-0.15, -0.1) is 0 Å². The largest absolute Gasteiger partial charge is 0.465 e. The number of ether oxygens (including phenoxy) is 1. The molecule has 4 rings (SSSR count). The second-order valence-electron chi connectivity index (χ2n) is 6.13. The number of hydrogen-bond donors (Lipinski definition) is 0. The number of anilines is 1. The van der Waals surface area contributed by atoms with E-state index in [1.165, 1.54) is 18.9 Å². The van der Waals surface area contributed by atoms with Gasteiger partial charge in [-0.3, -0.25) is 9.69 Å². The molecule has 138 valence electrons. The zero-order chi connectivity index (χ0) is 19.7. The number of methoxy groups -OCH3 is 1. The minimum Gasteiger partial charge on any atom is -0.465 e. The zero-order valence-corrected chi connectivity index (χ0v) is 16.5. The lowest BCUT2D eigenvalue weighted by Crippen LogP contribution is -2.27. The van der Waals surface area contributed by atoms with Crippen LogP contribution in [0.4, 0.5) is 5.69 Å². The van der Waals surface area contributed by atoms with Crippen molar-refractivity contribution < 1.29 is 14.3 Å². The van der Waals surface area contributed by atoms with E-state index in [4.69, 9.17) is 17.0 Å². The van der Waals surface area contributed by atoms with Gasteiger partial charge in [0.25, 0.3) is 5.91 Å². The normalized spacial score (nSPS) is 15.5. The molecule has 0 unspecified atom stereocenters. The van der Waals surface area contributed by atoms with Crippen molar-refractivity contribution >= 4 is 62.7 Å². The number of thioether (sulfide) groups is 1. The first-order valence-electron chi connectivity index (χ1n) is 8.52. The van der Waals surface area contributed by atoms with Gasteiger partial charge < -0.3 is 4.74 Å². The Morgan fingerprint density at radius 1 is 1.04 bits per heavy atom. The molecule has 0 aromatic heterocycles. The highest BCUT2D eigenvalue weighted by molar-refractivity contribution is 8.27. The van der Waals surface area contributed by atoms with E-state index in [-0.39, 0.29) is 5.91 Å². The van der Waals surface area contributed by atoms with Crippen molar-refractivity contribution in [2.24, 2.45) is 0 Å². The lowest BCUT2D eigenvalue weighted by molar-refractivity contribution is -0.113. The van der Waals surface area contributed by atoms with E-state index in [0.717, 1.165) is 22.0 Å². The number of carbonyl (C=O) groups is 2. The van der Waals surface area contributed by atoms with Crippen molar-refractivity contribution in [1.82, 2.24) is 0 Å². The molecule has 0 bridgehead atoms. The van der Waals surface area contributed by atoms with Crippen molar-refractivity contribution in [2.75, 3.05) is 12.0 Å². The summed E-state index contributed by atoms with van der Waals surface area (Å²) in [6.45, 7) is 0. The first-order chi connectivity index (χ1) is 13.6. The SMILES string of the molecule is COC(=O)c1ccc(/C=C2/SC(=S)N(c3cccc4ccccc34)C2=O)cc1. The van der Waals surface area contributed by atoms with E-state index in [1.807, 2.05) is 42.5 Å². The lowest BCUT2D eigenvalue weighted by Gasteiger charge is -2.17. The summed E-state index contributed by atoms with van der Waals surface area (Å²) in [6.07, 6.45) is 1.78. The number of benzene rings is 3. The van der Waals surface area contributed by atoms with Crippen LogP contribution in [0.1, 0.15) is 15.9 Å². The number of hydrogen-bond acceptors (Lipinski definition) is 5. The van der Waals surface area contributed by atoms with Gasteiger partial charge >= 0.3 is 5.97 Å². The average Bonchev–Trinajstić information content (AvgIpc) is 3.00. The fraction of sp³-hybridized carbons (Fsp3) is 0.0455. The van der Waals surface area contributed by atoms with E-state index in [1.54, 1.807) is 35.2 Å². The molecular weight excluding hydrogens is 390 g/mol. The van der Waals surface area contributed by atoms with Crippen LogP contribution < -0.4 is 4.90 Å². The van der Waals surface area contributed by atoms with E-state index in [0.29, 0.717) is 14.8 Å². The summed E-state index contributed by atoms with van der Waals surface area (Å²) in [6, 6.07) is 20.6. The Hall–Kier alpha value is -2.96. The maximum Gasteiger partial charge on any atom is 0.337 e. The van der Waals surface area contributed by atoms with Gasteiger partial charge in [-0.1, -0.05) is 72.5 Å². The van der Waals surface area contributed by atoms with Crippen molar-refractivity contribution in [3.05, 3.63) is 82.8 Å². The van der Waals surface area contributed by atoms with Gasteiger partial charge in [-0.25, -0.2) is 4.79 Å². The number of thiocarbonyl (C=S) groups is 1. The van der Waals surface area contributed by atoms with Crippen LogP contribution in [-0.2, 0) is 9.53 Å². The summed E-state index contributed by atoms with van der Waals surface area (Å²) >= 11 is 6.76. The van der Waals surface area contributed by atoms with Crippen LogP contribution in [0.3, 0.4) is 0 Å².